The molecule has 0 saturated carbocycles. The van der Waals surface area contributed by atoms with E-state index in [4.69, 9.17) is 5.73 Å². The molecule has 3 N–H and O–H groups in total. The van der Waals surface area contributed by atoms with Gasteiger partial charge in [0.2, 0.25) is 0 Å². The molecule has 0 radical (unpaired) electrons. The number of halogens is 1. The first kappa shape index (κ1) is 12.7. The predicted molar refractivity (Wildman–Crippen MR) is 68.8 cm³/mol. The summed E-state index contributed by atoms with van der Waals surface area (Å²) < 4.78 is 1.10. The third kappa shape index (κ3) is 3.03. The van der Waals surface area contributed by atoms with Gasteiger partial charge in [-0.05, 0) is 36.7 Å². The normalized spacial score (nSPS) is 13.9. The van der Waals surface area contributed by atoms with Crippen molar-refractivity contribution in [2.24, 2.45) is 11.1 Å². The second-order valence-electron chi connectivity index (χ2n) is 4.47. The number of nitrogens with one attached hydrogen (secondary N) is 1. The molecular weight excluding hydrogens is 252 g/mol. The molecule has 84 valence electrons. The summed E-state index contributed by atoms with van der Waals surface area (Å²) in [6, 6.07) is 8.67. The molecule has 0 fully saturated rings. The van der Waals surface area contributed by atoms with Crippen LogP contribution >= 0.6 is 15.9 Å². The zero-order chi connectivity index (χ0) is 11.5. The van der Waals surface area contributed by atoms with Gasteiger partial charge in [0.05, 0.1) is 0 Å². The molecule has 0 amide bonds. The molecule has 1 rings (SSSR count). The minimum absolute atomic E-state index is 0.0581. The Bertz CT molecular complexity index is 306. The highest BCUT2D eigenvalue weighted by molar-refractivity contribution is 9.10. The maximum Gasteiger partial charge on any atom is 0.0381 e. The highest BCUT2D eigenvalue weighted by atomic mass is 79.9. The van der Waals surface area contributed by atoms with E-state index in [1.54, 1.807) is 0 Å². The van der Waals surface area contributed by atoms with E-state index in [-0.39, 0.29) is 11.5 Å². The molecule has 1 unspecified atom stereocenters. The summed E-state index contributed by atoms with van der Waals surface area (Å²) >= 11 is 3.44. The number of rotatable bonds is 4. The molecule has 0 aliphatic rings. The van der Waals surface area contributed by atoms with Crippen molar-refractivity contribution in [2.45, 2.75) is 19.9 Å². The fourth-order valence-electron chi connectivity index (χ4n) is 1.78. The zero-order valence-electron chi connectivity index (χ0n) is 9.55. The lowest BCUT2D eigenvalue weighted by Crippen LogP contribution is -2.37. The van der Waals surface area contributed by atoms with Gasteiger partial charge in [-0.15, -0.1) is 0 Å². The van der Waals surface area contributed by atoms with Gasteiger partial charge in [0, 0.05) is 10.5 Å². The molecule has 1 aromatic carbocycles. The van der Waals surface area contributed by atoms with Gasteiger partial charge in [0.25, 0.3) is 0 Å². The molecule has 0 aliphatic heterocycles. The smallest absolute Gasteiger partial charge is 0.0381 e. The van der Waals surface area contributed by atoms with E-state index < -0.39 is 0 Å². The van der Waals surface area contributed by atoms with Crippen LogP contribution in [0.3, 0.4) is 0 Å². The molecule has 0 aromatic heterocycles. The van der Waals surface area contributed by atoms with Crippen LogP contribution in [0.4, 0.5) is 0 Å². The molecule has 3 heteroatoms. The number of nitrogens with two attached hydrogens (primary N) is 1. The lowest BCUT2D eigenvalue weighted by Gasteiger charge is -2.33. The standard InChI is InChI=1S/C12H19BrN2/c1-12(2,8-14)11(15-3)9-4-6-10(13)7-5-9/h4-7,11,15H,8,14H2,1-3H3. The maximum absolute atomic E-state index is 5.80. The van der Waals surface area contributed by atoms with E-state index in [0.29, 0.717) is 6.54 Å². The lowest BCUT2D eigenvalue weighted by molar-refractivity contribution is 0.265. The van der Waals surface area contributed by atoms with Crippen molar-refractivity contribution in [3.63, 3.8) is 0 Å². The predicted octanol–water partition coefficient (Wildman–Crippen LogP) is 2.69. The Morgan fingerprint density at radius 2 is 1.87 bits per heavy atom. The van der Waals surface area contributed by atoms with Crippen molar-refractivity contribution in [1.29, 1.82) is 0 Å². The Morgan fingerprint density at radius 1 is 1.33 bits per heavy atom. The molecule has 0 aliphatic carbocycles. The molecule has 0 spiro atoms. The summed E-state index contributed by atoms with van der Waals surface area (Å²) in [5, 5.41) is 3.33. The quantitative estimate of drug-likeness (QED) is 0.883. The second-order valence-corrected chi connectivity index (χ2v) is 5.38. The maximum atomic E-state index is 5.80. The van der Waals surface area contributed by atoms with Crippen molar-refractivity contribution in [3.05, 3.63) is 34.3 Å². The Morgan fingerprint density at radius 3 is 2.27 bits per heavy atom. The lowest BCUT2D eigenvalue weighted by atomic mass is 9.80. The minimum Gasteiger partial charge on any atom is -0.330 e. The van der Waals surface area contributed by atoms with Gasteiger partial charge in [-0.2, -0.15) is 0 Å². The van der Waals surface area contributed by atoms with Crippen LogP contribution in [0.15, 0.2) is 28.7 Å². The molecule has 0 heterocycles. The van der Waals surface area contributed by atoms with Gasteiger partial charge < -0.3 is 11.1 Å². The van der Waals surface area contributed by atoms with Gasteiger partial charge in [0.15, 0.2) is 0 Å². The van der Waals surface area contributed by atoms with E-state index >= 15 is 0 Å². The first-order chi connectivity index (χ1) is 7.01. The average molecular weight is 271 g/mol. The van der Waals surface area contributed by atoms with Crippen molar-refractivity contribution in [3.8, 4) is 0 Å². The zero-order valence-corrected chi connectivity index (χ0v) is 11.1. The average Bonchev–Trinajstić information content (AvgIpc) is 2.22. The Balaban J connectivity index is 2.97. The third-order valence-corrected chi connectivity index (χ3v) is 3.33. The number of hydrogen-bond acceptors (Lipinski definition) is 2. The van der Waals surface area contributed by atoms with E-state index in [2.05, 4.69) is 59.4 Å². The van der Waals surface area contributed by atoms with Crippen molar-refractivity contribution < 1.29 is 0 Å². The van der Waals surface area contributed by atoms with Crippen LogP contribution in [0.5, 0.6) is 0 Å². The second kappa shape index (κ2) is 5.10. The van der Waals surface area contributed by atoms with Crippen molar-refractivity contribution in [2.75, 3.05) is 13.6 Å². The number of hydrogen-bond donors (Lipinski definition) is 2. The summed E-state index contributed by atoms with van der Waals surface area (Å²) in [6.45, 7) is 5.01. The van der Waals surface area contributed by atoms with Gasteiger partial charge in [-0.25, -0.2) is 0 Å². The fourth-order valence-corrected chi connectivity index (χ4v) is 2.05. The van der Waals surface area contributed by atoms with Gasteiger partial charge in [0.1, 0.15) is 0 Å². The van der Waals surface area contributed by atoms with Gasteiger partial charge in [-0.1, -0.05) is 41.9 Å². The first-order valence-electron chi connectivity index (χ1n) is 5.14. The van der Waals surface area contributed by atoms with Crippen LogP contribution in [-0.4, -0.2) is 13.6 Å². The van der Waals surface area contributed by atoms with Crippen LogP contribution in [0.1, 0.15) is 25.5 Å². The van der Waals surface area contributed by atoms with Crippen LogP contribution in [0.2, 0.25) is 0 Å². The fraction of sp³-hybridized carbons (Fsp3) is 0.500. The van der Waals surface area contributed by atoms with E-state index in [1.807, 2.05) is 7.05 Å². The molecule has 1 aromatic rings. The SMILES string of the molecule is CNC(c1ccc(Br)cc1)C(C)(C)CN. The minimum atomic E-state index is 0.0581. The Hall–Kier alpha value is -0.380. The highest BCUT2D eigenvalue weighted by Crippen LogP contribution is 2.32. The molecule has 2 nitrogen and oxygen atoms in total. The summed E-state index contributed by atoms with van der Waals surface area (Å²) in [7, 11) is 1.98. The summed E-state index contributed by atoms with van der Waals surface area (Å²) in [5.74, 6) is 0. The Labute approximate surface area is 100 Å². The van der Waals surface area contributed by atoms with Crippen LogP contribution in [-0.2, 0) is 0 Å². The molecule has 15 heavy (non-hydrogen) atoms. The molecular formula is C12H19BrN2. The molecule has 0 saturated heterocycles. The van der Waals surface area contributed by atoms with Gasteiger partial charge in [-0.3, -0.25) is 0 Å². The van der Waals surface area contributed by atoms with Gasteiger partial charge >= 0.3 is 0 Å². The third-order valence-electron chi connectivity index (χ3n) is 2.80. The van der Waals surface area contributed by atoms with Crippen LogP contribution < -0.4 is 11.1 Å². The largest absolute Gasteiger partial charge is 0.330 e. The van der Waals surface area contributed by atoms with E-state index in [1.165, 1.54) is 5.56 Å². The summed E-state index contributed by atoms with van der Waals surface area (Å²) in [5.41, 5.74) is 7.13. The van der Waals surface area contributed by atoms with E-state index in [0.717, 1.165) is 4.47 Å². The van der Waals surface area contributed by atoms with Crippen LogP contribution in [0.25, 0.3) is 0 Å². The molecule has 0 bridgehead atoms. The first-order valence-corrected chi connectivity index (χ1v) is 5.93. The van der Waals surface area contributed by atoms with Crippen molar-refractivity contribution in [1.82, 2.24) is 5.32 Å². The van der Waals surface area contributed by atoms with Crippen molar-refractivity contribution >= 4 is 15.9 Å². The monoisotopic (exact) mass is 270 g/mol. The Kier molecular flexibility index (Phi) is 4.32. The number of benzene rings is 1. The molecule has 1 atom stereocenters. The van der Waals surface area contributed by atoms with Crippen LogP contribution in [0, 0.1) is 5.41 Å². The summed E-state index contributed by atoms with van der Waals surface area (Å²) in [6.07, 6.45) is 0. The summed E-state index contributed by atoms with van der Waals surface area (Å²) in [4.78, 5) is 0. The van der Waals surface area contributed by atoms with E-state index in [9.17, 15) is 0 Å². The topological polar surface area (TPSA) is 38.0 Å². The highest BCUT2D eigenvalue weighted by Gasteiger charge is 2.27.